The molecule has 0 unspecified atom stereocenters. The topological polar surface area (TPSA) is 44.8 Å². The fourth-order valence-electron chi connectivity index (χ4n) is 1.98. The average molecular weight is 314 g/mol. The molecule has 8 heteroatoms. The number of hydrogen-bond acceptors (Lipinski definition) is 4. The van der Waals surface area contributed by atoms with Crippen LogP contribution in [-0.2, 0) is 20.2 Å². The van der Waals surface area contributed by atoms with Gasteiger partial charge in [0.1, 0.15) is 5.60 Å². The summed E-state index contributed by atoms with van der Waals surface area (Å²) in [4.78, 5) is 11.8. The molecule has 1 saturated heterocycles. The predicted octanol–water partition coefficient (Wildman–Crippen LogP) is 2.53. The number of benzene rings is 1. The van der Waals surface area contributed by atoms with Crippen LogP contribution in [0.25, 0.3) is 0 Å². The standard InChI is InChI=1S/C14H14BF3O4/c1-8-13(2,3)22-15(21-8)11-6-5-9(14(16,17)18)7-10(11)12(19)20-4/h5-7H,1H2,2-4H3. The van der Waals surface area contributed by atoms with Gasteiger partial charge in [-0.3, -0.25) is 0 Å². The van der Waals surface area contributed by atoms with Gasteiger partial charge < -0.3 is 14.0 Å². The van der Waals surface area contributed by atoms with Crippen LogP contribution in [0, 0.1) is 0 Å². The summed E-state index contributed by atoms with van der Waals surface area (Å²) < 4.78 is 54.0. The summed E-state index contributed by atoms with van der Waals surface area (Å²) in [7, 11) is 0.0740. The van der Waals surface area contributed by atoms with E-state index in [1.54, 1.807) is 13.8 Å². The van der Waals surface area contributed by atoms with Crippen molar-refractivity contribution in [2.24, 2.45) is 0 Å². The fourth-order valence-corrected chi connectivity index (χ4v) is 1.98. The van der Waals surface area contributed by atoms with Gasteiger partial charge in [0.25, 0.3) is 0 Å². The third kappa shape index (κ3) is 2.97. The molecule has 0 aliphatic carbocycles. The maximum absolute atomic E-state index is 12.8. The first kappa shape index (κ1) is 16.4. The second kappa shape index (κ2) is 5.35. The third-order valence-electron chi connectivity index (χ3n) is 3.36. The Balaban J connectivity index is 2.48. The van der Waals surface area contributed by atoms with E-state index in [0.29, 0.717) is 5.76 Å². The SMILES string of the molecule is C=C1OB(c2ccc(C(F)(F)F)cc2C(=O)OC)OC1(C)C. The molecule has 1 aliphatic heterocycles. The Hall–Kier alpha value is -1.96. The van der Waals surface area contributed by atoms with E-state index in [-0.39, 0.29) is 11.0 Å². The van der Waals surface area contributed by atoms with Gasteiger partial charge in [-0.25, -0.2) is 4.79 Å². The van der Waals surface area contributed by atoms with Crippen molar-refractivity contribution in [1.29, 1.82) is 0 Å². The molecule has 0 radical (unpaired) electrons. The van der Waals surface area contributed by atoms with Crippen LogP contribution in [0.3, 0.4) is 0 Å². The minimum absolute atomic E-state index is 0.159. The Morgan fingerprint density at radius 2 is 2.00 bits per heavy atom. The normalized spacial score (nSPS) is 17.4. The molecule has 22 heavy (non-hydrogen) atoms. The van der Waals surface area contributed by atoms with E-state index in [0.717, 1.165) is 25.3 Å². The summed E-state index contributed by atoms with van der Waals surface area (Å²) >= 11 is 0. The zero-order valence-corrected chi connectivity index (χ0v) is 12.3. The molecule has 1 aromatic rings. The average Bonchev–Trinajstić information content (AvgIpc) is 2.70. The van der Waals surface area contributed by atoms with E-state index in [2.05, 4.69) is 11.3 Å². The lowest BCUT2D eigenvalue weighted by Crippen LogP contribution is -2.38. The molecular formula is C14H14BF3O4. The highest BCUT2D eigenvalue weighted by Gasteiger charge is 2.45. The third-order valence-corrected chi connectivity index (χ3v) is 3.36. The summed E-state index contributed by atoms with van der Waals surface area (Å²) in [5.74, 6) is -0.572. The second-order valence-electron chi connectivity index (χ2n) is 5.29. The van der Waals surface area contributed by atoms with Crippen LogP contribution in [0.4, 0.5) is 13.2 Å². The minimum Gasteiger partial charge on any atom is -0.534 e. The van der Waals surface area contributed by atoms with E-state index in [1.807, 2.05) is 0 Å². The van der Waals surface area contributed by atoms with E-state index < -0.39 is 30.4 Å². The Morgan fingerprint density at radius 3 is 2.45 bits per heavy atom. The van der Waals surface area contributed by atoms with Crippen molar-refractivity contribution in [3.05, 3.63) is 41.7 Å². The van der Waals surface area contributed by atoms with Crippen molar-refractivity contribution in [2.45, 2.75) is 25.6 Å². The first-order valence-corrected chi connectivity index (χ1v) is 6.39. The highest BCUT2D eigenvalue weighted by molar-refractivity contribution is 6.63. The number of alkyl halides is 3. The molecule has 1 aromatic carbocycles. The summed E-state index contributed by atoms with van der Waals surface area (Å²) in [5.41, 5.74) is -1.85. The number of ether oxygens (including phenoxy) is 1. The van der Waals surface area contributed by atoms with Crippen LogP contribution in [0.2, 0.25) is 0 Å². The molecule has 118 valence electrons. The van der Waals surface area contributed by atoms with Gasteiger partial charge in [0.05, 0.1) is 24.0 Å². The van der Waals surface area contributed by atoms with Crippen molar-refractivity contribution < 1.29 is 32.0 Å². The van der Waals surface area contributed by atoms with Crippen LogP contribution in [0.15, 0.2) is 30.5 Å². The number of halogens is 3. The lowest BCUT2D eigenvalue weighted by Gasteiger charge is -2.16. The fraction of sp³-hybridized carbons (Fsp3) is 0.357. The lowest BCUT2D eigenvalue weighted by molar-refractivity contribution is -0.137. The summed E-state index contributed by atoms with van der Waals surface area (Å²) in [6.07, 6.45) is -4.57. The summed E-state index contributed by atoms with van der Waals surface area (Å²) in [6.45, 7) is 7.10. The van der Waals surface area contributed by atoms with Crippen LogP contribution < -0.4 is 5.46 Å². The predicted molar refractivity (Wildman–Crippen MR) is 73.6 cm³/mol. The molecular weight excluding hydrogens is 300 g/mol. The number of hydrogen-bond donors (Lipinski definition) is 0. The molecule has 0 N–H and O–H groups in total. The zero-order valence-electron chi connectivity index (χ0n) is 12.3. The van der Waals surface area contributed by atoms with Gasteiger partial charge >= 0.3 is 19.3 Å². The Morgan fingerprint density at radius 1 is 1.36 bits per heavy atom. The van der Waals surface area contributed by atoms with Crippen LogP contribution in [-0.4, -0.2) is 25.8 Å². The highest BCUT2D eigenvalue weighted by atomic mass is 19.4. The van der Waals surface area contributed by atoms with Gasteiger partial charge in [-0.15, -0.1) is 0 Å². The van der Waals surface area contributed by atoms with Gasteiger partial charge in [-0.2, -0.15) is 13.2 Å². The molecule has 0 saturated carbocycles. The van der Waals surface area contributed by atoms with Gasteiger partial charge in [0.2, 0.25) is 0 Å². The molecule has 1 heterocycles. The number of rotatable bonds is 2. The summed E-state index contributed by atoms with van der Waals surface area (Å²) in [6, 6.07) is 2.74. The first-order valence-electron chi connectivity index (χ1n) is 6.39. The van der Waals surface area contributed by atoms with Gasteiger partial charge in [0, 0.05) is 5.46 Å². The summed E-state index contributed by atoms with van der Waals surface area (Å²) in [5, 5.41) is 0. The molecule has 1 fully saturated rings. The molecule has 0 bridgehead atoms. The number of carbonyl (C=O) groups excluding carboxylic acids is 1. The Kier molecular flexibility index (Phi) is 3.99. The largest absolute Gasteiger partial charge is 0.564 e. The van der Waals surface area contributed by atoms with E-state index in [9.17, 15) is 18.0 Å². The highest BCUT2D eigenvalue weighted by Crippen LogP contribution is 2.32. The number of esters is 1. The second-order valence-corrected chi connectivity index (χ2v) is 5.29. The van der Waals surface area contributed by atoms with Crippen molar-refractivity contribution in [3.63, 3.8) is 0 Å². The van der Waals surface area contributed by atoms with Gasteiger partial charge in [0.15, 0.2) is 0 Å². The Bertz CT molecular complexity index is 625. The van der Waals surface area contributed by atoms with Crippen LogP contribution in [0.1, 0.15) is 29.8 Å². The molecule has 4 nitrogen and oxygen atoms in total. The molecule has 0 atom stereocenters. The quantitative estimate of drug-likeness (QED) is 0.621. The number of carbonyl (C=O) groups is 1. The van der Waals surface area contributed by atoms with E-state index in [4.69, 9.17) is 9.31 Å². The minimum atomic E-state index is -4.57. The van der Waals surface area contributed by atoms with Crippen LogP contribution >= 0.6 is 0 Å². The maximum Gasteiger partial charge on any atom is 0.564 e. The molecule has 0 spiro atoms. The maximum atomic E-state index is 12.8. The molecule has 1 aliphatic rings. The van der Waals surface area contributed by atoms with Crippen molar-refractivity contribution >= 4 is 18.6 Å². The Labute approximate surface area is 126 Å². The smallest absolute Gasteiger partial charge is 0.534 e. The van der Waals surface area contributed by atoms with Gasteiger partial charge in [-0.05, 0) is 19.9 Å². The lowest BCUT2D eigenvalue weighted by atomic mass is 9.75. The first-order chi connectivity index (χ1) is 10.1. The molecule has 0 aromatic heterocycles. The van der Waals surface area contributed by atoms with Crippen molar-refractivity contribution in [1.82, 2.24) is 0 Å². The van der Waals surface area contributed by atoms with E-state index >= 15 is 0 Å². The van der Waals surface area contributed by atoms with E-state index in [1.165, 1.54) is 0 Å². The monoisotopic (exact) mass is 314 g/mol. The zero-order chi connectivity index (χ0) is 16.7. The number of methoxy groups -OCH3 is 1. The molecule has 2 rings (SSSR count). The van der Waals surface area contributed by atoms with Crippen LogP contribution in [0.5, 0.6) is 0 Å². The molecule has 0 amide bonds. The van der Waals surface area contributed by atoms with Gasteiger partial charge in [-0.1, -0.05) is 18.7 Å². The van der Waals surface area contributed by atoms with Crippen molar-refractivity contribution in [3.8, 4) is 0 Å². The van der Waals surface area contributed by atoms with Crippen molar-refractivity contribution in [2.75, 3.05) is 7.11 Å².